The van der Waals surface area contributed by atoms with E-state index < -0.39 is 16.4 Å². The highest BCUT2D eigenvalue weighted by atomic mass is 32.2. The van der Waals surface area contributed by atoms with Crippen LogP contribution in [0.3, 0.4) is 0 Å². The number of alkyl halides is 2. The summed E-state index contributed by atoms with van der Waals surface area (Å²) in [5.41, 5.74) is 0.868. The number of halogens is 2. The van der Waals surface area contributed by atoms with E-state index in [1.165, 1.54) is 12.1 Å². The molecule has 30 heavy (non-hydrogen) atoms. The first-order valence-electron chi connectivity index (χ1n) is 9.51. The predicted octanol–water partition coefficient (Wildman–Crippen LogP) is 3.55. The van der Waals surface area contributed by atoms with Gasteiger partial charge in [0.2, 0.25) is 0 Å². The van der Waals surface area contributed by atoms with Crippen LogP contribution in [0.1, 0.15) is 18.9 Å². The van der Waals surface area contributed by atoms with Gasteiger partial charge in [0.25, 0.3) is 0 Å². The molecule has 9 heteroatoms. The minimum Gasteiger partial charge on any atom is -0.435 e. The summed E-state index contributed by atoms with van der Waals surface area (Å²) < 4.78 is 54.2. The van der Waals surface area contributed by atoms with Crippen molar-refractivity contribution >= 4 is 15.8 Å². The van der Waals surface area contributed by atoms with Crippen LogP contribution in [0.15, 0.2) is 64.5 Å². The lowest BCUT2D eigenvalue weighted by Crippen LogP contribution is -2.46. The normalized spacial score (nSPS) is 13.2. The molecule has 2 aromatic rings. The quantitative estimate of drug-likeness (QED) is 0.478. The maximum Gasteiger partial charge on any atom is 0.387 e. The molecule has 2 rings (SSSR count). The third kappa shape index (κ3) is 6.98. The van der Waals surface area contributed by atoms with Gasteiger partial charge < -0.3 is 15.0 Å². The van der Waals surface area contributed by atoms with Crippen molar-refractivity contribution in [3.63, 3.8) is 0 Å². The Balaban J connectivity index is 2.02. The number of nitrogens with zero attached hydrogens (tertiary/aromatic N) is 2. The average molecular weight is 440 g/mol. The van der Waals surface area contributed by atoms with Gasteiger partial charge in [-0.3, -0.25) is 4.99 Å². The van der Waals surface area contributed by atoms with E-state index in [4.69, 9.17) is 0 Å². The first kappa shape index (κ1) is 23.6. The molecule has 0 bridgehead atoms. The molecule has 1 N–H and O–H groups in total. The third-order valence-electron chi connectivity index (χ3n) is 4.49. The number of sulfone groups is 1. The fourth-order valence-corrected chi connectivity index (χ4v) is 4.52. The van der Waals surface area contributed by atoms with Gasteiger partial charge >= 0.3 is 6.61 Å². The van der Waals surface area contributed by atoms with E-state index in [2.05, 4.69) is 15.0 Å². The summed E-state index contributed by atoms with van der Waals surface area (Å²) in [6.07, 6.45) is 0.596. The fraction of sp³-hybridized carbons (Fsp3) is 0.381. The Morgan fingerprint density at radius 2 is 1.77 bits per heavy atom. The lowest BCUT2D eigenvalue weighted by atomic mass is 10.2. The lowest BCUT2D eigenvalue weighted by molar-refractivity contribution is -0.0498. The van der Waals surface area contributed by atoms with Gasteiger partial charge in [0.05, 0.1) is 10.6 Å². The Kier molecular flexibility index (Phi) is 8.58. The zero-order valence-corrected chi connectivity index (χ0v) is 18.1. The Morgan fingerprint density at radius 1 is 1.13 bits per heavy atom. The van der Waals surface area contributed by atoms with E-state index in [-0.39, 0.29) is 17.5 Å². The Bertz CT molecular complexity index is 920. The highest BCUT2D eigenvalue weighted by Gasteiger charge is 2.22. The van der Waals surface area contributed by atoms with E-state index in [1.54, 1.807) is 49.5 Å². The van der Waals surface area contributed by atoms with Gasteiger partial charge in [-0.05, 0) is 36.2 Å². The highest BCUT2D eigenvalue weighted by Crippen LogP contribution is 2.16. The van der Waals surface area contributed by atoms with Crippen molar-refractivity contribution in [2.75, 3.05) is 19.8 Å². The number of rotatable bonds is 9. The third-order valence-corrected chi connectivity index (χ3v) is 6.32. The van der Waals surface area contributed by atoms with Crippen LogP contribution in [0.4, 0.5) is 8.78 Å². The summed E-state index contributed by atoms with van der Waals surface area (Å²) in [6, 6.07) is 14.4. The average Bonchev–Trinajstić information content (AvgIpc) is 2.72. The maximum atomic E-state index is 12.7. The molecule has 1 unspecified atom stereocenters. The van der Waals surface area contributed by atoms with E-state index >= 15 is 0 Å². The van der Waals surface area contributed by atoms with Crippen molar-refractivity contribution < 1.29 is 21.9 Å². The number of nitrogens with one attached hydrogen (secondary N) is 1. The van der Waals surface area contributed by atoms with E-state index in [1.807, 2.05) is 18.9 Å². The molecule has 0 heterocycles. The molecular weight excluding hydrogens is 412 g/mol. The summed E-state index contributed by atoms with van der Waals surface area (Å²) >= 11 is 0. The molecule has 164 valence electrons. The molecule has 0 spiro atoms. The van der Waals surface area contributed by atoms with Crippen LogP contribution in [0.25, 0.3) is 0 Å². The topological polar surface area (TPSA) is 71.0 Å². The van der Waals surface area contributed by atoms with Crippen molar-refractivity contribution in [3.05, 3.63) is 60.2 Å². The molecule has 0 saturated heterocycles. The van der Waals surface area contributed by atoms with Crippen LogP contribution in [-0.4, -0.2) is 51.8 Å². The van der Waals surface area contributed by atoms with E-state index in [0.29, 0.717) is 23.8 Å². The first-order chi connectivity index (χ1) is 14.2. The van der Waals surface area contributed by atoms with Crippen molar-refractivity contribution in [2.45, 2.75) is 37.4 Å². The van der Waals surface area contributed by atoms with Crippen LogP contribution in [0.2, 0.25) is 0 Å². The van der Waals surface area contributed by atoms with Gasteiger partial charge in [-0.2, -0.15) is 8.78 Å². The molecule has 2 aromatic carbocycles. The molecule has 0 radical (unpaired) electrons. The molecule has 0 aliphatic carbocycles. The first-order valence-corrected chi connectivity index (χ1v) is 11.2. The second-order valence-electron chi connectivity index (χ2n) is 6.77. The molecule has 0 aliphatic heterocycles. The van der Waals surface area contributed by atoms with Crippen molar-refractivity contribution in [1.82, 2.24) is 10.2 Å². The monoisotopic (exact) mass is 439 g/mol. The van der Waals surface area contributed by atoms with Crippen LogP contribution in [0, 0.1) is 0 Å². The van der Waals surface area contributed by atoms with Gasteiger partial charge in [-0.25, -0.2) is 8.42 Å². The fourth-order valence-electron chi connectivity index (χ4n) is 2.90. The second-order valence-corrected chi connectivity index (χ2v) is 8.80. The lowest BCUT2D eigenvalue weighted by Gasteiger charge is -2.26. The van der Waals surface area contributed by atoms with E-state index in [0.717, 1.165) is 5.56 Å². The number of ether oxygens (including phenoxy) is 1. The molecular formula is C21H27F2N3O3S. The molecule has 0 amide bonds. The minimum absolute atomic E-state index is 0.0555. The summed E-state index contributed by atoms with van der Waals surface area (Å²) in [5.74, 6) is 0.578. The number of aliphatic imine (C=N–C) groups is 1. The number of hydrogen-bond donors (Lipinski definition) is 1. The zero-order valence-electron chi connectivity index (χ0n) is 17.3. The number of hydrogen-bond acceptors (Lipinski definition) is 4. The molecule has 0 saturated carbocycles. The van der Waals surface area contributed by atoms with Crippen LogP contribution in [0.5, 0.6) is 5.75 Å². The Labute approximate surface area is 176 Å². The van der Waals surface area contributed by atoms with Crippen LogP contribution < -0.4 is 10.1 Å². The summed E-state index contributed by atoms with van der Waals surface area (Å²) in [7, 11) is 0.00266. The van der Waals surface area contributed by atoms with Crippen molar-refractivity contribution in [1.29, 1.82) is 0 Å². The highest BCUT2D eigenvalue weighted by molar-refractivity contribution is 7.91. The summed E-state index contributed by atoms with van der Waals surface area (Å²) in [4.78, 5) is 6.37. The summed E-state index contributed by atoms with van der Waals surface area (Å²) in [5, 5.41) is 3.21. The number of guanidine groups is 1. The Morgan fingerprint density at radius 3 is 2.30 bits per heavy atom. The number of benzene rings is 2. The van der Waals surface area contributed by atoms with Crippen molar-refractivity contribution in [3.8, 4) is 5.75 Å². The molecule has 0 fully saturated rings. The zero-order chi connectivity index (χ0) is 22.1. The standard InChI is InChI=1S/C21H27F2N3O3S/c1-4-17(15-30(27,28)19-8-6-5-7-9-19)25-21(24-2)26(3)14-16-10-12-18(13-11-16)29-20(22)23/h5-13,17,20H,4,14-15H2,1-3H3,(H,24,25). The van der Waals surface area contributed by atoms with Gasteiger partial charge in [-0.1, -0.05) is 37.3 Å². The molecule has 0 aromatic heterocycles. The van der Waals surface area contributed by atoms with Gasteiger partial charge in [-0.15, -0.1) is 0 Å². The minimum atomic E-state index is -3.44. The van der Waals surface area contributed by atoms with Gasteiger partial charge in [0, 0.05) is 26.7 Å². The summed E-state index contributed by atoms with van der Waals surface area (Å²) in [6.45, 7) is -0.497. The molecule has 6 nitrogen and oxygen atoms in total. The SMILES string of the molecule is CCC(CS(=O)(=O)c1ccccc1)NC(=NC)N(C)Cc1ccc(OC(F)F)cc1. The van der Waals surface area contributed by atoms with Crippen LogP contribution >= 0.6 is 0 Å². The smallest absolute Gasteiger partial charge is 0.387 e. The van der Waals surface area contributed by atoms with Gasteiger partial charge in [0.1, 0.15) is 5.75 Å². The Hall–Kier alpha value is -2.68. The largest absolute Gasteiger partial charge is 0.435 e. The maximum absolute atomic E-state index is 12.7. The van der Waals surface area contributed by atoms with E-state index in [9.17, 15) is 17.2 Å². The molecule has 1 atom stereocenters. The predicted molar refractivity (Wildman–Crippen MR) is 114 cm³/mol. The van der Waals surface area contributed by atoms with Crippen LogP contribution in [-0.2, 0) is 16.4 Å². The van der Waals surface area contributed by atoms with Crippen molar-refractivity contribution in [2.24, 2.45) is 4.99 Å². The second kappa shape index (κ2) is 10.9. The van der Waals surface area contributed by atoms with Gasteiger partial charge in [0.15, 0.2) is 15.8 Å². The molecule has 0 aliphatic rings.